The van der Waals surface area contributed by atoms with E-state index < -0.39 is 17.7 Å². The highest BCUT2D eigenvalue weighted by atomic mass is 19.4. The number of carboxylic acids is 1. The minimum Gasteiger partial charge on any atom is -0.481 e. The minimum atomic E-state index is -4.41. The second-order valence-electron chi connectivity index (χ2n) is 3.56. The molecule has 2 nitrogen and oxygen atoms in total. The zero-order chi connectivity index (χ0) is 13.6. The highest BCUT2D eigenvalue weighted by molar-refractivity contribution is 5.66. The number of hydrogen-bond acceptors (Lipinski definition) is 1. The maximum absolute atomic E-state index is 12.4. The predicted octanol–water partition coefficient (Wildman–Crippen LogP) is 3.11. The van der Waals surface area contributed by atoms with E-state index in [1.54, 1.807) is 0 Å². The summed E-state index contributed by atoms with van der Waals surface area (Å²) >= 11 is 0. The number of hydrogen-bond donors (Lipinski definition) is 1. The zero-order valence-electron chi connectivity index (χ0n) is 9.34. The normalized spacial score (nSPS) is 10.6. The van der Waals surface area contributed by atoms with Crippen molar-refractivity contribution in [1.29, 1.82) is 0 Å². The average molecular weight is 255 g/mol. The summed E-state index contributed by atoms with van der Waals surface area (Å²) in [5.41, 5.74) is -0.569. The van der Waals surface area contributed by atoms with Crippen LogP contribution in [0.3, 0.4) is 0 Å². The highest BCUT2D eigenvalue weighted by Gasteiger charge is 2.30. The monoisotopic (exact) mass is 255 g/mol. The standard InChI is InChI=1S/C13H10F3O2/c14-13(15,16)11-7-4-6-10(9-11)5-2-1-3-8-12(17)18/h6-7,9H,1,3,8H2,(H,17,18). The molecule has 1 aromatic carbocycles. The van der Waals surface area contributed by atoms with Crippen LogP contribution in [-0.2, 0) is 11.0 Å². The van der Waals surface area contributed by atoms with Gasteiger partial charge in [-0.15, -0.1) is 0 Å². The number of unbranched alkanes of at least 4 members (excludes halogenated alkanes) is 1. The fraction of sp³-hybridized carbons (Fsp3) is 0.308. The molecule has 0 heterocycles. The number of carbonyl (C=O) groups is 1. The lowest BCUT2D eigenvalue weighted by molar-refractivity contribution is -0.138. The third kappa shape index (κ3) is 4.91. The van der Waals surface area contributed by atoms with Crippen LogP contribution in [0.4, 0.5) is 13.2 Å². The van der Waals surface area contributed by atoms with E-state index >= 15 is 0 Å². The van der Waals surface area contributed by atoms with E-state index in [9.17, 15) is 18.0 Å². The van der Waals surface area contributed by atoms with Crippen molar-refractivity contribution in [3.8, 4) is 11.8 Å². The molecular formula is C13H10F3O2. The van der Waals surface area contributed by atoms with Crippen LogP contribution in [0.25, 0.3) is 0 Å². The first-order chi connectivity index (χ1) is 8.39. The topological polar surface area (TPSA) is 37.3 Å². The van der Waals surface area contributed by atoms with Gasteiger partial charge in [0, 0.05) is 18.4 Å². The lowest BCUT2D eigenvalue weighted by Crippen LogP contribution is -2.04. The molecule has 0 saturated carbocycles. The summed E-state index contributed by atoms with van der Waals surface area (Å²) in [4.78, 5) is 10.2. The van der Waals surface area contributed by atoms with Crippen molar-refractivity contribution in [1.82, 2.24) is 0 Å². The molecule has 0 saturated heterocycles. The first-order valence-corrected chi connectivity index (χ1v) is 5.18. The van der Waals surface area contributed by atoms with Crippen LogP contribution in [-0.4, -0.2) is 11.1 Å². The van der Waals surface area contributed by atoms with Gasteiger partial charge in [-0.25, -0.2) is 0 Å². The van der Waals surface area contributed by atoms with Crippen LogP contribution >= 0.6 is 0 Å². The molecule has 1 N–H and O–H groups in total. The lowest BCUT2D eigenvalue weighted by atomic mass is 10.1. The molecule has 0 aromatic heterocycles. The fourth-order valence-corrected chi connectivity index (χ4v) is 1.20. The quantitative estimate of drug-likeness (QED) is 0.665. The maximum atomic E-state index is 12.4. The Morgan fingerprint density at radius 2 is 2.11 bits per heavy atom. The molecule has 0 aliphatic heterocycles. The van der Waals surface area contributed by atoms with Gasteiger partial charge in [0.2, 0.25) is 0 Å². The van der Waals surface area contributed by atoms with Gasteiger partial charge in [-0.05, 0) is 30.7 Å². The van der Waals surface area contributed by atoms with Crippen LogP contribution in [0.2, 0.25) is 0 Å². The molecule has 0 aliphatic carbocycles. The van der Waals surface area contributed by atoms with Crippen LogP contribution in [0.15, 0.2) is 18.2 Å². The Balaban J connectivity index is 2.63. The summed E-state index contributed by atoms with van der Waals surface area (Å²) in [6, 6.07) is 5.54. The number of aliphatic carboxylic acids is 1. The molecule has 0 aliphatic rings. The summed E-state index contributed by atoms with van der Waals surface area (Å²) in [6.07, 6.45) is -3.69. The van der Waals surface area contributed by atoms with E-state index in [2.05, 4.69) is 17.9 Å². The Kier molecular flexibility index (Phi) is 4.78. The first-order valence-electron chi connectivity index (χ1n) is 5.18. The van der Waals surface area contributed by atoms with E-state index in [1.165, 1.54) is 6.07 Å². The van der Waals surface area contributed by atoms with Gasteiger partial charge in [0.05, 0.1) is 5.56 Å². The number of benzene rings is 1. The molecule has 0 atom stereocenters. The molecule has 1 radical (unpaired) electrons. The Morgan fingerprint density at radius 3 is 2.72 bits per heavy atom. The Bertz CT molecular complexity index is 481. The summed E-state index contributed by atoms with van der Waals surface area (Å²) in [7, 11) is 0. The number of alkyl halides is 3. The molecular weight excluding hydrogens is 245 g/mol. The van der Waals surface area contributed by atoms with E-state index in [0.717, 1.165) is 12.1 Å². The summed E-state index contributed by atoms with van der Waals surface area (Å²) in [5.74, 6) is 4.28. The van der Waals surface area contributed by atoms with E-state index in [0.29, 0.717) is 12.8 Å². The largest absolute Gasteiger partial charge is 0.481 e. The lowest BCUT2D eigenvalue weighted by Gasteiger charge is -2.05. The molecule has 0 unspecified atom stereocenters. The van der Waals surface area contributed by atoms with Crippen LogP contribution in [0.1, 0.15) is 30.4 Å². The smallest absolute Gasteiger partial charge is 0.416 e. The number of halogens is 3. The zero-order valence-corrected chi connectivity index (χ0v) is 9.34. The minimum absolute atomic E-state index is 0.00337. The van der Waals surface area contributed by atoms with Crippen molar-refractivity contribution < 1.29 is 23.1 Å². The average Bonchev–Trinajstić information content (AvgIpc) is 2.27. The molecule has 1 rings (SSSR count). The van der Waals surface area contributed by atoms with Crippen LogP contribution in [0, 0.1) is 17.9 Å². The maximum Gasteiger partial charge on any atom is 0.416 e. The molecule has 0 spiro atoms. The van der Waals surface area contributed by atoms with E-state index in [-0.39, 0.29) is 12.0 Å². The predicted molar refractivity (Wildman–Crippen MR) is 58.6 cm³/mol. The molecule has 0 bridgehead atoms. The molecule has 5 heteroatoms. The van der Waals surface area contributed by atoms with Crippen molar-refractivity contribution in [2.24, 2.45) is 0 Å². The van der Waals surface area contributed by atoms with Gasteiger partial charge in [-0.2, -0.15) is 13.2 Å². The summed E-state index contributed by atoms with van der Waals surface area (Å²) in [6.45, 7) is 0. The highest BCUT2D eigenvalue weighted by Crippen LogP contribution is 2.29. The summed E-state index contributed by atoms with van der Waals surface area (Å²) in [5, 5.41) is 8.38. The Hall–Kier alpha value is -1.96. The number of carboxylic acid groups (broad SMARTS) is 1. The van der Waals surface area contributed by atoms with Crippen LogP contribution < -0.4 is 0 Å². The van der Waals surface area contributed by atoms with Gasteiger partial charge in [0.1, 0.15) is 0 Å². The van der Waals surface area contributed by atoms with E-state index in [1.807, 2.05) is 0 Å². The van der Waals surface area contributed by atoms with Gasteiger partial charge in [0.15, 0.2) is 0 Å². The van der Waals surface area contributed by atoms with E-state index in [4.69, 9.17) is 5.11 Å². The van der Waals surface area contributed by atoms with Gasteiger partial charge in [-0.3, -0.25) is 4.79 Å². The second kappa shape index (κ2) is 6.10. The van der Waals surface area contributed by atoms with Crippen molar-refractivity contribution in [3.05, 3.63) is 35.4 Å². The molecule has 0 fully saturated rings. The number of rotatable bonds is 3. The van der Waals surface area contributed by atoms with Gasteiger partial charge < -0.3 is 5.11 Å². The van der Waals surface area contributed by atoms with Crippen LogP contribution in [0.5, 0.6) is 0 Å². The molecule has 1 aromatic rings. The van der Waals surface area contributed by atoms with Crippen molar-refractivity contribution >= 4 is 5.97 Å². The van der Waals surface area contributed by atoms with Crippen molar-refractivity contribution in [2.45, 2.75) is 25.4 Å². The SMILES string of the molecule is O=C(O)CCCC#Cc1c[c]cc(C(F)(F)F)c1. The van der Waals surface area contributed by atoms with Gasteiger partial charge in [0.25, 0.3) is 0 Å². The molecule has 0 amide bonds. The third-order valence-electron chi connectivity index (χ3n) is 2.04. The molecule has 18 heavy (non-hydrogen) atoms. The molecule has 95 valence electrons. The van der Waals surface area contributed by atoms with Gasteiger partial charge in [-0.1, -0.05) is 11.8 Å². The Morgan fingerprint density at radius 1 is 1.39 bits per heavy atom. The summed E-state index contributed by atoms with van der Waals surface area (Å²) < 4.78 is 37.1. The first kappa shape index (κ1) is 14.1. The fourth-order valence-electron chi connectivity index (χ4n) is 1.20. The van der Waals surface area contributed by atoms with Gasteiger partial charge >= 0.3 is 12.1 Å². The third-order valence-corrected chi connectivity index (χ3v) is 2.04. The van der Waals surface area contributed by atoms with Crippen molar-refractivity contribution in [3.63, 3.8) is 0 Å². The second-order valence-corrected chi connectivity index (χ2v) is 3.56. The Labute approximate surface area is 102 Å². The van der Waals surface area contributed by atoms with Crippen molar-refractivity contribution in [2.75, 3.05) is 0 Å².